The van der Waals surface area contributed by atoms with Crippen LogP contribution in [0.5, 0.6) is 0 Å². The maximum absolute atomic E-state index is 12.3. The molecule has 1 N–H and O–H groups in total. The van der Waals surface area contributed by atoms with E-state index < -0.39 is 6.10 Å². The normalized spacial score (nSPS) is 12.9. The number of allylic oxidation sites excluding steroid dienone is 18. The van der Waals surface area contributed by atoms with Crippen molar-refractivity contribution in [1.82, 2.24) is 0 Å². The van der Waals surface area contributed by atoms with E-state index >= 15 is 0 Å². The second-order valence-corrected chi connectivity index (χ2v) is 22.2. The predicted molar refractivity (Wildman–Crippen MR) is 343 cm³/mol. The van der Waals surface area contributed by atoms with Gasteiger partial charge < -0.3 is 14.6 Å². The molecule has 0 saturated heterocycles. The van der Waals surface area contributed by atoms with Crippen LogP contribution in [0, 0.1) is 0 Å². The molecule has 0 aromatic rings. The molecule has 0 aliphatic carbocycles. The zero-order valence-electron chi connectivity index (χ0n) is 51.4. The van der Waals surface area contributed by atoms with Crippen LogP contribution in [0.15, 0.2) is 109 Å². The van der Waals surface area contributed by atoms with Crippen molar-refractivity contribution in [3.63, 3.8) is 0 Å². The molecule has 0 heterocycles. The van der Waals surface area contributed by atoms with Crippen LogP contribution >= 0.6 is 0 Å². The SMILES string of the molecule is CC/C=C\C/C=C\C/C=C\C/C=C\C/C=C\C/C=C\CCCCCCCCC(=O)OC(CO)COC(=O)CCCCCCCCCCCCCCCCCCCCCCCCCC/C=C\C/C=C\C/C=C\CCCCCCC. The van der Waals surface area contributed by atoms with Gasteiger partial charge in [0.25, 0.3) is 0 Å². The van der Waals surface area contributed by atoms with Gasteiger partial charge in [0.1, 0.15) is 6.61 Å². The van der Waals surface area contributed by atoms with E-state index in [2.05, 4.69) is 123 Å². The molecular weight excluding hydrogens is 957 g/mol. The van der Waals surface area contributed by atoms with Crippen molar-refractivity contribution in [2.75, 3.05) is 13.2 Å². The molecule has 0 amide bonds. The number of esters is 2. The van der Waals surface area contributed by atoms with Gasteiger partial charge in [0, 0.05) is 12.8 Å². The van der Waals surface area contributed by atoms with E-state index in [1.165, 1.54) is 199 Å². The molecule has 0 fully saturated rings. The van der Waals surface area contributed by atoms with Gasteiger partial charge in [-0.15, -0.1) is 0 Å². The summed E-state index contributed by atoms with van der Waals surface area (Å²) in [5.74, 6) is -0.601. The molecule has 5 nitrogen and oxygen atoms in total. The molecular formula is C73H126O5. The van der Waals surface area contributed by atoms with Gasteiger partial charge in [0.05, 0.1) is 6.61 Å². The lowest BCUT2D eigenvalue weighted by Gasteiger charge is -2.15. The molecule has 1 unspecified atom stereocenters. The van der Waals surface area contributed by atoms with Crippen LogP contribution in [0.2, 0.25) is 0 Å². The minimum Gasteiger partial charge on any atom is -0.462 e. The summed E-state index contributed by atoms with van der Waals surface area (Å²) in [6.07, 6.45) is 98.2. The molecule has 0 radical (unpaired) electrons. The van der Waals surface area contributed by atoms with Gasteiger partial charge in [-0.1, -0.05) is 316 Å². The van der Waals surface area contributed by atoms with Crippen LogP contribution in [-0.2, 0) is 19.1 Å². The summed E-state index contributed by atoms with van der Waals surface area (Å²) in [6.45, 7) is 4.03. The summed E-state index contributed by atoms with van der Waals surface area (Å²) in [5.41, 5.74) is 0. The number of hydrogen-bond donors (Lipinski definition) is 1. The van der Waals surface area contributed by atoms with Crippen molar-refractivity contribution >= 4 is 11.9 Å². The zero-order chi connectivity index (χ0) is 56.2. The Bertz CT molecular complexity index is 1510. The first-order chi connectivity index (χ1) is 38.6. The number of aliphatic hydroxyl groups is 1. The minimum absolute atomic E-state index is 0.0746. The van der Waals surface area contributed by atoms with E-state index in [0.29, 0.717) is 12.8 Å². The number of carbonyl (C=O) groups excluding carboxylic acids is 2. The second-order valence-electron chi connectivity index (χ2n) is 22.2. The summed E-state index contributed by atoms with van der Waals surface area (Å²) in [5, 5.41) is 9.68. The van der Waals surface area contributed by atoms with Crippen LogP contribution in [0.25, 0.3) is 0 Å². The molecule has 0 bridgehead atoms. The van der Waals surface area contributed by atoms with E-state index in [9.17, 15) is 14.7 Å². The highest BCUT2D eigenvalue weighted by Gasteiger charge is 2.16. The zero-order valence-corrected chi connectivity index (χ0v) is 51.4. The summed E-state index contributed by atoms with van der Waals surface area (Å²) in [6, 6.07) is 0. The highest BCUT2D eigenvalue weighted by Crippen LogP contribution is 2.17. The van der Waals surface area contributed by atoms with E-state index in [-0.39, 0.29) is 25.2 Å². The van der Waals surface area contributed by atoms with Crippen LogP contribution in [-0.4, -0.2) is 36.4 Å². The Balaban J connectivity index is 3.46. The minimum atomic E-state index is -0.787. The second kappa shape index (κ2) is 67.8. The quantitative estimate of drug-likeness (QED) is 0.0373. The molecule has 0 aliphatic heterocycles. The highest BCUT2D eigenvalue weighted by atomic mass is 16.6. The third kappa shape index (κ3) is 65.1. The van der Waals surface area contributed by atoms with Gasteiger partial charge in [-0.3, -0.25) is 9.59 Å². The Kier molecular flexibility index (Phi) is 64.8. The fourth-order valence-electron chi connectivity index (χ4n) is 9.57. The molecule has 1 atom stereocenters. The van der Waals surface area contributed by atoms with Crippen molar-refractivity contribution in [3.8, 4) is 0 Å². The Morgan fingerprint density at radius 2 is 0.551 bits per heavy atom. The lowest BCUT2D eigenvalue weighted by atomic mass is 10.0. The molecule has 5 heteroatoms. The lowest BCUT2D eigenvalue weighted by molar-refractivity contribution is -0.161. The van der Waals surface area contributed by atoms with Crippen molar-refractivity contribution in [3.05, 3.63) is 109 Å². The molecule has 0 aromatic heterocycles. The average Bonchev–Trinajstić information content (AvgIpc) is 3.44. The largest absolute Gasteiger partial charge is 0.462 e. The number of rotatable bonds is 61. The van der Waals surface area contributed by atoms with Crippen LogP contribution in [0.4, 0.5) is 0 Å². The Hall–Kier alpha value is -3.44. The molecule has 78 heavy (non-hydrogen) atoms. The van der Waals surface area contributed by atoms with Gasteiger partial charge in [-0.25, -0.2) is 0 Å². The van der Waals surface area contributed by atoms with Crippen LogP contribution in [0.1, 0.15) is 322 Å². The summed E-state index contributed by atoms with van der Waals surface area (Å²) >= 11 is 0. The number of aliphatic hydroxyl groups excluding tert-OH is 1. The molecule has 0 aromatic carbocycles. The average molecular weight is 1080 g/mol. The van der Waals surface area contributed by atoms with Crippen LogP contribution < -0.4 is 0 Å². The monoisotopic (exact) mass is 1080 g/mol. The molecule has 0 aliphatic rings. The third-order valence-corrected chi connectivity index (χ3v) is 14.6. The number of carbonyl (C=O) groups is 2. The number of ether oxygens (including phenoxy) is 2. The van der Waals surface area contributed by atoms with Gasteiger partial charge in [-0.05, 0) is 103 Å². The molecule has 0 spiro atoms. The Labute approximate surface area is 484 Å². The maximum Gasteiger partial charge on any atom is 0.306 e. The first-order valence-electron chi connectivity index (χ1n) is 33.4. The Morgan fingerprint density at radius 1 is 0.308 bits per heavy atom. The van der Waals surface area contributed by atoms with Gasteiger partial charge in [0.2, 0.25) is 0 Å². The summed E-state index contributed by atoms with van der Waals surface area (Å²) in [7, 11) is 0. The molecule has 448 valence electrons. The molecule has 0 rings (SSSR count). The predicted octanol–water partition coefficient (Wildman–Crippen LogP) is 23.2. The fraction of sp³-hybridized carbons (Fsp3) is 0.726. The van der Waals surface area contributed by atoms with Crippen molar-refractivity contribution < 1.29 is 24.2 Å². The highest BCUT2D eigenvalue weighted by molar-refractivity contribution is 5.70. The number of hydrogen-bond acceptors (Lipinski definition) is 5. The molecule has 0 saturated carbocycles. The van der Waals surface area contributed by atoms with Gasteiger partial charge >= 0.3 is 11.9 Å². The summed E-state index contributed by atoms with van der Waals surface area (Å²) < 4.78 is 10.7. The van der Waals surface area contributed by atoms with Crippen LogP contribution in [0.3, 0.4) is 0 Å². The number of unbranched alkanes of at least 4 members (excludes halogenated alkanes) is 35. The van der Waals surface area contributed by atoms with Gasteiger partial charge in [0.15, 0.2) is 6.10 Å². The third-order valence-electron chi connectivity index (χ3n) is 14.6. The standard InChI is InChI=1S/C73H126O5/c1-3-5-7-9-11-13-15-17-19-21-23-25-27-29-30-31-32-33-34-35-36-37-38-39-40-41-42-44-45-47-49-51-53-55-57-59-61-63-65-67-72(75)77-70-71(69-74)78-73(76)68-66-64-62-60-58-56-54-52-50-48-46-43-28-26-24-22-20-18-16-14-12-10-8-6-4-2/h6,8,12,14-15,17-18,20-21,23-24,26-27,29,43,46,50,52,71,74H,3-5,7,9-11,13,16,19,22,25,28,30-42,44-45,47-49,51,53-70H2,1-2H3/b8-6-,14-12-,17-15-,20-18-,23-21-,26-24-,29-27-,46-43-,52-50-. The van der Waals surface area contributed by atoms with E-state index in [1.54, 1.807) is 0 Å². The van der Waals surface area contributed by atoms with Crippen molar-refractivity contribution in [1.29, 1.82) is 0 Å². The van der Waals surface area contributed by atoms with Gasteiger partial charge in [-0.2, -0.15) is 0 Å². The van der Waals surface area contributed by atoms with Crippen molar-refractivity contribution in [2.45, 2.75) is 328 Å². The Morgan fingerprint density at radius 3 is 0.833 bits per heavy atom. The maximum atomic E-state index is 12.3. The van der Waals surface area contributed by atoms with E-state index in [4.69, 9.17) is 9.47 Å². The fourth-order valence-corrected chi connectivity index (χ4v) is 9.57. The van der Waals surface area contributed by atoms with E-state index in [1.807, 2.05) is 0 Å². The summed E-state index contributed by atoms with van der Waals surface area (Å²) in [4.78, 5) is 24.6. The van der Waals surface area contributed by atoms with Crippen molar-refractivity contribution in [2.24, 2.45) is 0 Å². The first-order valence-corrected chi connectivity index (χ1v) is 33.4. The topological polar surface area (TPSA) is 72.8 Å². The first kappa shape index (κ1) is 74.6. The van der Waals surface area contributed by atoms with E-state index in [0.717, 1.165) is 96.3 Å². The smallest absolute Gasteiger partial charge is 0.306 e. The lowest BCUT2D eigenvalue weighted by Crippen LogP contribution is -2.28.